The third kappa shape index (κ3) is 3.47. The Labute approximate surface area is 81.3 Å². The summed E-state index contributed by atoms with van der Waals surface area (Å²) < 4.78 is 0. The molecule has 0 bridgehead atoms. The van der Waals surface area contributed by atoms with E-state index in [1.807, 2.05) is 0 Å². The molecule has 0 aromatic rings. The molecule has 1 aliphatic carbocycles. The molecule has 0 aromatic carbocycles. The lowest BCUT2D eigenvalue weighted by atomic mass is 9.81. The molecule has 2 unspecified atom stereocenters. The van der Waals surface area contributed by atoms with E-state index in [0.29, 0.717) is 17.6 Å². The summed E-state index contributed by atoms with van der Waals surface area (Å²) in [6.45, 7) is 6.52. The highest BCUT2D eigenvalue weighted by Crippen LogP contribution is 2.26. The number of carbonyl (C=O) groups excluding carboxylic acids is 1. The third-order valence-corrected chi connectivity index (χ3v) is 2.94. The topological polar surface area (TPSA) is 20.3 Å². The van der Waals surface area contributed by atoms with Gasteiger partial charge in [0.1, 0.15) is 5.78 Å². The molecule has 0 aromatic heterocycles. The predicted octanol–water partition coefficient (Wildman–Crippen LogP) is 1.94. The first-order valence-electron chi connectivity index (χ1n) is 5.32. The van der Waals surface area contributed by atoms with Crippen LogP contribution in [0.15, 0.2) is 0 Å². The molecule has 0 saturated heterocycles. The standard InChI is InChI=1S/C11H21NO/c1-4-12(3)8-10-5-9(2)6-11(13)7-10/h9-10H,4-8H2,1-3H3. The van der Waals surface area contributed by atoms with E-state index in [0.717, 1.165) is 25.9 Å². The Morgan fingerprint density at radius 1 is 1.46 bits per heavy atom. The summed E-state index contributed by atoms with van der Waals surface area (Å²) >= 11 is 0. The average molecular weight is 183 g/mol. The summed E-state index contributed by atoms with van der Waals surface area (Å²) in [5.41, 5.74) is 0. The first kappa shape index (κ1) is 10.7. The second kappa shape index (κ2) is 4.75. The molecular weight excluding hydrogens is 162 g/mol. The van der Waals surface area contributed by atoms with Gasteiger partial charge in [0.05, 0.1) is 0 Å². The molecule has 1 aliphatic rings. The van der Waals surface area contributed by atoms with Crippen molar-refractivity contribution in [2.24, 2.45) is 11.8 Å². The third-order valence-electron chi connectivity index (χ3n) is 2.94. The van der Waals surface area contributed by atoms with E-state index in [1.165, 1.54) is 6.42 Å². The molecule has 0 heterocycles. The van der Waals surface area contributed by atoms with Crippen molar-refractivity contribution in [1.82, 2.24) is 4.90 Å². The molecule has 0 amide bonds. The number of nitrogens with zero attached hydrogens (tertiary/aromatic N) is 1. The Morgan fingerprint density at radius 3 is 2.69 bits per heavy atom. The minimum Gasteiger partial charge on any atom is -0.306 e. The maximum absolute atomic E-state index is 11.3. The molecule has 0 spiro atoms. The van der Waals surface area contributed by atoms with E-state index in [1.54, 1.807) is 0 Å². The van der Waals surface area contributed by atoms with E-state index in [9.17, 15) is 4.79 Å². The van der Waals surface area contributed by atoms with Crippen LogP contribution in [0.3, 0.4) is 0 Å². The van der Waals surface area contributed by atoms with Crippen LogP contribution in [0.25, 0.3) is 0 Å². The van der Waals surface area contributed by atoms with Gasteiger partial charge in [0.25, 0.3) is 0 Å². The van der Waals surface area contributed by atoms with Gasteiger partial charge < -0.3 is 4.90 Å². The summed E-state index contributed by atoms with van der Waals surface area (Å²) in [7, 11) is 2.13. The molecule has 0 radical (unpaired) electrons. The van der Waals surface area contributed by atoms with E-state index < -0.39 is 0 Å². The van der Waals surface area contributed by atoms with E-state index in [4.69, 9.17) is 0 Å². The van der Waals surface area contributed by atoms with Crippen LogP contribution in [0.4, 0.5) is 0 Å². The van der Waals surface area contributed by atoms with Gasteiger partial charge in [0, 0.05) is 19.4 Å². The second-order valence-corrected chi connectivity index (χ2v) is 4.51. The fourth-order valence-electron chi connectivity index (χ4n) is 2.24. The van der Waals surface area contributed by atoms with Gasteiger partial charge >= 0.3 is 0 Å². The zero-order valence-electron chi connectivity index (χ0n) is 9.05. The molecule has 0 N–H and O–H groups in total. The minimum atomic E-state index is 0.466. The average Bonchev–Trinajstić information content (AvgIpc) is 2.02. The molecule has 2 nitrogen and oxygen atoms in total. The molecule has 1 rings (SSSR count). The maximum atomic E-state index is 11.3. The summed E-state index contributed by atoms with van der Waals surface area (Å²) in [6, 6.07) is 0. The molecule has 2 heteroatoms. The van der Waals surface area contributed by atoms with Gasteiger partial charge in [0.15, 0.2) is 0 Å². The lowest BCUT2D eigenvalue weighted by Gasteiger charge is -2.28. The lowest BCUT2D eigenvalue weighted by molar-refractivity contribution is -0.122. The maximum Gasteiger partial charge on any atom is 0.133 e. The van der Waals surface area contributed by atoms with Crippen molar-refractivity contribution >= 4 is 5.78 Å². The highest BCUT2D eigenvalue weighted by atomic mass is 16.1. The number of hydrogen-bond donors (Lipinski definition) is 0. The molecule has 1 fully saturated rings. The number of carbonyl (C=O) groups is 1. The molecule has 0 aliphatic heterocycles. The molecule has 1 saturated carbocycles. The first-order valence-corrected chi connectivity index (χ1v) is 5.32. The normalized spacial score (nSPS) is 29.7. The van der Waals surface area contributed by atoms with Gasteiger partial charge in [-0.1, -0.05) is 13.8 Å². The van der Waals surface area contributed by atoms with Gasteiger partial charge in [-0.05, 0) is 31.8 Å². The fraction of sp³-hybridized carbons (Fsp3) is 0.909. The highest BCUT2D eigenvalue weighted by Gasteiger charge is 2.24. The van der Waals surface area contributed by atoms with E-state index in [2.05, 4.69) is 25.8 Å². The monoisotopic (exact) mass is 183 g/mol. The fourth-order valence-corrected chi connectivity index (χ4v) is 2.24. The van der Waals surface area contributed by atoms with Crippen LogP contribution in [0, 0.1) is 11.8 Å². The Morgan fingerprint density at radius 2 is 2.15 bits per heavy atom. The smallest absolute Gasteiger partial charge is 0.133 e. The molecule has 2 atom stereocenters. The Bertz CT molecular complexity index is 179. The van der Waals surface area contributed by atoms with Gasteiger partial charge in [-0.3, -0.25) is 4.79 Å². The van der Waals surface area contributed by atoms with Gasteiger partial charge in [-0.2, -0.15) is 0 Å². The van der Waals surface area contributed by atoms with Crippen LogP contribution >= 0.6 is 0 Å². The molecule has 13 heavy (non-hydrogen) atoms. The summed E-state index contributed by atoms with van der Waals surface area (Å²) in [5, 5.41) is 0. The van der Waals surface area contributed by atoms with Crippen molar-refractivity contribution in [3.63, 3.8) is 0 Å². The number of rotatable bonds is 3. The Hall–Kier alpha value is -0.370. The number of ketones is 1. The zero-order valence-corrected chi connectivity index (χ0v) is 9.05. The molecular formula is C11H21NO. The van der Waals surface area contributed by atoms with Crippen molar-refractivity contribution in [3.05, 3.63) is 0 Å². The van der Waals surface area contributed by atoms with Crippen LogP contribution in [0.2, 0.25) is 0 Å². The van der Waals surface area contributed by atoms with E-state index >= 15 is 0 Å². The van der Waals surface area contributed by atoms with Crippen molar-refractivity contribution in [2.45, 2.75) is 33.1 Å². The predicted molar refractivity (Wildman–Crippen MR) is 54.7 cm³/mol. The number of hydrogen-bond acceptors (Lipinski definition) is 2. The SMILES string of the molecule is CCN(C)CC1CC(=O)CC(C)C1. The minimum absolute atomic E-state index is 0.466. The largest absolute Gasteiger partial charge is 0.306 e. The second-order valence-electron chi connectivity index (χ2n) is 4.51. The summed E-state index contributed by atoms with van der Waals surface area (Å²) in [4.78, 5) is 13.6. The van der Waals surface area contributed by atoms with Gasteiger partial charge in [0.2, 0.25) is 0 Å². The highest BCUT2D eigenvalue weighted by molar-refractivity contribution is 5.79. The van der Waals surface area contributed by atoms with Crippen molar-refractivity contribution in [1.29, 1.82) is 0 Å². The summed E-state index contributed by atoms with van der Waals surface area (Å²) in [5.74, 6) is 1.69. The van der Waals surface area contributed by atoms with Gasteiger partial charge in [-0.15, -0.1) is 0 Å². The molecule has 76 valence electrons. The Balaban J connectivity index is 2.37. The zero-order chi connectivity index (χ0) is 9.84. The lowest BCUT2D eigenvalue weighted by Crippen LogP contribution is -2.31. The number of Topliss-reactive ketones (excluding diaryl/α,β-unsaturated/α-hetero) is 1. The van der Waals surface area contributed by atoms with Crippen LogP contribution in [-0.2, 0) is 4.79 Å². The van der Waals surface area contributed by atoms with Crippen molar-refractivity contribution < 1.29 is 4.79 Å². The first-order chi connectivity index (χ1) is 6.11. The van der Waals surface area contributed by atoms with Crippen molar-refractivity contribution in [3.8, 4) is 0 Å². The van der Waals surface area contributed by atoms with Crippen LogP contribution in [0.1, 0.15) is 33.1 Å². The Kier molecular flexibility index (Phi) is 3.91. The summed E-state index contributed by atoms with van der Waals surface area (Å²) in [6.07, 6.45) is 2.86. The van der Waals surface area contributed by atoms with Crippen LogP contribution in [0.5, 0.6) is 0 Å². The van der Waals surface area contributed by atoms with Crippen molar-refractivity contribution in [2.75, 3.05) is 20.1 Å². The van der Waals surface area contributed by atoms with Gasteiger partial charge in [-0.25, -0.2) is 0 Å². The van der Waals surface area contributed by atoms with E-state index in [-0.39, 0.29) is 0 Å². The van der Waals surface area contributed by atoms with Crippen LogP contribution in [-0.4, -0.2) is 30.8 Å². The van der Waals surface area contributed by atoms with Crippen LogP contribution < -0.4 is 0 Å². The quantitative estimate of drug-likeness (QED) is 0.666.